The zero-order valence-corrected chi connectivity index (χ0v) is 9.98. The molecule has 2 rings (SSSR count). The number of rotatable bonds is 2. The van der Waals surface area contributed by atoms with Crippen LogP contribution in [0.25, 0.3) is 0 Å². The highest BCUT2D eigenvalue weighted by Crippen LogP contribution is 2.24. The molecular weight excluding hydrogens is 260 g/mol. The van der Waals surface area contributed by atoms with E-state index in [4.69, 9.17) is 5.11 Å². The Labute approximate surface area is 107 Å². The fourth-order valence-electron chi connectivity index (χ4n) is 1.99. The van der Waals surface area contributed by atoms with Crippen molar-refractivity contribution < 1.29 is 28.6 Å². The van der Waals surface area contributed by atoms with Crippen LogP contribution >= 0.6 is 0 Å². The smallest absolute Gasteiger partial charge is 0.336 e. The van der Waals surface area contributed by atoms with Gasteiger partial charge in [0.2, 0.25) is 0 Å². The summed E-state index contributed by atoms with van der Waals surface area (Å²) < 4.78 is 26.1. The number of aromatic carboxylic acids is 1. The number of likely N-dealkylation sites (tertiary alicyclic amines) is 1. The molecular formula is C12H11F2NO4. The maximum Gasteiger partial charge on any atom is 0.336 e. The molecule has 102 valence electrons. The Hall–Kier alpha value is -2.02. The molecule has 0 radical (unpaired) electrons. The van der Waals surface area contributed by atoms with E-state index in [1.807, 2.05) is 0 Å². The van der Waals surface area contributed by atoms with Gasteiger partial charge in [0.15, 0.2) is 11.6 Å². The van der Waals surface area contributed by atoms with Gasteiger partial charge in [0, 0.05) is 0 Å². The zero-order chi connectivity index (χ0) is 14.4. The summed E-state index contributed by atoms with van der Waals surface area (Å²) in [5, 5.41) is 18.4. The number of carboxylic acid groups (broad SMARTS) is 1. The third-order valence-electron chi connectivity index (χ3n) is 2.87. The van der Waals surface area contributed by atoms with Gasteiger partial charge in [-0.3, -0.25) is 4.79 Å². The van der Waals surface area contributed by atoms with Gasteiger partial charge in [-0.25, -0.2) is 13.6 Å². The highest BCUT2D eigenvalue weighted by atomic mass is 19.2. The molecule has 0 unspecified atom stereocenters. The first-order valence-electron chi connectivity index (χ1n) is 5.45. The number of carboxylic acids is 1. The van der Waals surface area contributed by atoms with E-state index in [0.29, 0.717) is 12.1 Å². The second kappa shape index (κ2) is 4.27. The lowest BCUT2D eigenvalue weighted by atomic mass is 9.95. The fourth-order valence-corrected chi connectivity index (χ4v) is 1.99. The Kier molecular flexibility index (Phi) is 3.01. The summed E-state index contributed by atoms with van der Waals surface area (Å²) in [5.41, 5.74) is -2.06. The summed E-state index contributed by atoms with van der Waals surface area (Å²) in [6, 6.07) is 1.04. The van der Waals surface area contributed by atoms with Gasteiger partial charge in [0.25, 0.3) is 5.91 Å². The van der Waals surface area contributed by atoms with Crippen LogP contribution in [-0.2, 0) is 0 Å². The van der Waals surface area contributed by atoms with Crippen molar-refractivity contribution in [1.29, 1.82) is 0 Å². The number of nitrogens with zero attached hydrogens (tertiary/aromatic N) is 1. The second-order valence-corrected chi connectivity index (χ2v) is 4.78. The summed E-state index contributed by atoms with van der Waals surface area (Å²) in [7, 11) is 0. The van der Waals surface area contributed by atoms with Crippen LogP contribution in [-0.4, -0.2) is 45.7 Å². The Morgan fingerprint density at radius 3 is 2.11 bits per heavy atom. The van der Waals surface area contributed by atoms with Crippen LogP contribution in [0.15, 0.2) is 12.1 Å². The summed E-state index contributed by atoms with van der Waals surface area (Å²) in [4.78, 5) is 24.1. The van der Waals surface area contributed by atoms with Crippen molar-refractivity contribution in [2.75, 3.05) is 13.1 Å². The summed E-state index contributed by atoms with van der Waals surface area (Å²) in [6.07, 6.45) is 0. The molecule has 7 heteroatoms. The lowest BCUT2D eigenvalue weighted by Crippen LogP contribution is -2.61. The molecule has 0 atom stereocenters. The highest BCUT2D eigenvalue weighted by Gasteiger charge is 2.40. The van der Waals surface area contributed by atoms with Crippen LogP contribution in [0.5, 0.6) is 0 Å². The largest absolute Gasteiger partial charge is 0.478 e. The molecule has 1 amide bonds. The minimum atomic E-state index is -1.52. The number of aliphatic hydroxyl groups is 1. The average molecular weight is 271 g/mol. The zero-order valence-electron chi connectivity index (χ0n) is 9.98. The van der Waals surface area contributed by atoms with E-state index >= 15 is 0 Å². The minimum absolute atomic E-state index is 0.0177. The third-order valence-corrected chi connectivity index (χ3v) is 2.87. The molecule has 0 saturated carbocycles. The molecule has 1 aliphatic heterocycles. The molecule has 1 aliphatic rings. The highest BCUT2D eigenvalue weighted by molar-refractivity contribution is 6.05. The molecule has 1 fully saturated rings. The van der Waals surface area contributed by atoms with Gasteiger partial charge in [0.05, 0.1) is 29.8 Å². The molecule has 1 heterocycles. The lowest BCUT2D eigenvalue weighted by Gasteiger charge is -2.44. The van der Waals surface area contributed by atoms with E-state index in [1.54, 1.807) is 0 Å². The number of halogens is 2. The Morgan fingerprint density at radius 1 is 1.21 bits per heavy atom. The SMILES string of the molecule is CC1(O)CN(C(=O)c2cc(F)c(F)cc2C(=O)O)C1. The first-order valence-corrected chi connectivity index (χ1v) is 5.45. The standard InChI is InChI=1S/C12H11F2NO4/c1-12(19)4-15(5-12)10(16)6-2-8(13)9(14)3-7(6)11(17)18/h2-3,19H,4-5H2,1H3,(H,17,18). The number of hydrogen-bond donors (Lipinski definition) is 2. The maximum atomic E-state index is 13.1. The third kappa shape index (κ3) is 2.41. The van der Waals surface area contributed by atoms with Crippen molar-refractivity contribution >= 4 is 11.9 Å². The Morgan fingerprint density at radius 2 is 1.68 bits per heavy atom. The van der Waals surface area contributed by atoms with Gasteiger partial charge >= 0.3 is 5.97 Å². The van der Waals surface area contributed by atoms with Gasteiger partial charge in [0.1, 0.15) is 0 Å². The molecule has 0 spiro atoms. The van der Waals surface area contributed by atoms with Crippen molar-refractivity contribution in [2.45, 2.75) is 12.5 Å². The Bertz CT molecular complexity index is 563. The summed E-state index contributed by atoms with van der Waals surface area (Å²) >= 11 is 0. The molecule has 19 heavy (non-hydrogen) atoms. The van der Waals surface area contributed by atoms with Crippen LogP contribution in [0.2, 0.25) is 0 Å². The lowest BCUT2D eigenvalue weighted by molar-refractivity contribution is -0.0669. The first-order chi connectivity index (χ1) is 8.71. The summed E-state index contributed by atoms with van der Waals surface area (Å²) in [5.74, 6) is -4.89. The number of carbonyl (C=O) groups excluding carboxylic acids is 1. The maximum absolute atomic E-state index is 13.1. The Balaban J connectivity index is 2.36. The van der Waals surface area contributed by atoms with Crippen LogP contribution < -0.4 is 0 Å². The van der Waals surface area contributed by atoms with Crippen molar-refractivity contribution in [3.8, 4) is 0 Å². The van der Waals surface area contributed by atoms with E-state index < -0.39 is 40.2 Å². The molecule has 0 bridgehead atoms. The van der Waals surface area contributed by atoms with Crippen molar-refractivity contribution in [1.82, 2.24) is 4.90 Å². The first kappa shape index (κ1) is 13.4. The van der Waals surface area contributed by atoms with Gasteiger partial charge in [-0.05, 0) is 19.1 Å². The van der Waals surface area contributed by atoms with E-state index in [2.05, 4.69) is 0 Å². The van der Waals surface area contributed by atoms with Crippen molar-refractivity contribution in [2.24, 2.45) is 0 Å². The number of benzene rings is 1. The monoisotopic (exact) mass is 271 g/mol. The van der Waals surface area contributed by atoms with Gasteiger partial charge in [-0.1, -0.05) is 0 Å². The molecule has 5 nitrogen and oxygen atoms in total. The van der Waals surface area contributed by atoms with Crippen molar-refractivity contribution in [3.63, 3.8) is 0 Å². The summed E-state index contributed by atoms with van der Waals surface area (Å²) in [6.45, 7) is 1.55. The number of carbonyl (C=O) groups is 2. The quantitative estimate of drug-likeness (QED) is 0.836. The van der Waals surface area contributed by atoms with E-state index in [9.17, 15) is 23.5 Å². The molecule has 1 saturated heterocycles. The fraction of sp³-hybridized carbons (Fsp3) is 0.333. The molecule has 0 aliphatic carbocycles. The average Bonchev–Trinajstić information content (AvgIpc) is 2.27. The van der Waals surface area contributed by atoms with E-state index in [-0.39, 0.29) is 13.1 Å². The van der Waals surface area contributed by atoms with Crippen molar-refractivity contribution in [3.05, 3.63) is 34.9 Å². The molecule has 2 N–H and O–H groups in total. The van der Waals surface area contributed by atoms with E-state index in [1.165, 1.54) is 11.8 Å². The normalized spacial score (nSPS) is 16.9. The second-order valence-electron chi connectivity index (χ2n) is 4.78. The van der Waals surface area contributed by atoms with Gasteiger partial charge in [-0.2, -0.15) is 0 Å². The van der Waals surface area contributed by atoms with Crippen LogP contribution in [0.3, 0.4) is 0 Å². The molecule has 1 aromatic rings. The van der Waals surface area contributed by atoms with Gasteiger partial charge in [-0.15, -0.1) is 0 Å². The van der Waals surface area contributed by atoms with Gasteiger partial charge < -0.3 is 15.1 Å². The topological polar surface area (TPSA) is 77.8 Å². The minimum Gasteiger partial charge on any atom is -0.478 e. The van der Waals surface area contributed by atoms with Crippen LogP contribution in [0.1, 0.15) is 27.6 Å². The molecule has 1 aromatic carbocycles. The van der Waals surface area contributed by atoms with Crippen LogP contribution in [0.4, 0.5) is 8.78 Å². The predicted octanol–water partition coefficient (Wildman–Crippen LogP) is 0.870. The number of β-amino-alcohol motifs (C(OH)–C–C–N with tert-alkyl or cyclic N) is 1. The van der Waals surface area contributed by atoms with Crippen LogP contribution in [0, 0.1) is 11.6 Å². The van der Waals surface area contributed by atoms with E-state index in [0.717, 1.165) is 0 Å². The predicted molar refractivity (Wildman–Crippen MR) is 59.8 cm³/mol. The molecule has 0 aromatic heterocycles. The number of hydrogen-bond acceptors (Lipinski definition) is 3. The number of amides is 1.